The fraction of sp³-hybridized carbons (Fsp3) is 0.476. The number of para-hydroxylation sites is 1. The minimum Gasteiger partial charge on any atom is -0.378 e. The summed E-state index contributed by atoms with van der Waals surface area (Å²) in [7, 11) is 0. The first-order valence-electron chi connectivity index (χ1n) is 10.0. The van der Waals surface area contributed by atoms with Crippen molar-refractivity contribution in [2.24, 2.45) is 5.92 Å². The fourth-order valence-corrected chi connectivity index (χ4v) is 4.35. The Bertz CT molecular complexity index is 947. The highest BCUT2D eigenvalue weighted by Gasteiger charge is 2.42. The van der Waals surface area contributed by atoms with Crippen LogP contribution in [-0.4, -0.2) is 48.2 Å². The molecule has 0 radical (unpaired) electrons. The number of aromatic nitrogens is 2. The van der Waals surface area contributed by atoms with Gasteiger partial charge in [0.15, 0.2) is 0 Å². The van der Waals surface area contributed by atoms with Crippen molar-refractivity contribution in [3.05, 3.63) is 52.1 Å². The van der Waals surface area contributed by atoms with Crippen LogP contribution in [0.5, 0.6) is 0 Å². The number of hydrogen-bond donors (Lipinski definition) is 1. The summed E-state index contributed by atoms with van der Waals surface area (Å²) in [6.07, 6.45) is 3.39. The second-order valence-corrected chi connectivity index (χ2v) is 7.83. The molecule has 7 heteroatoms. The molecule has 1 aromatic heterocycles. The van der Waals surface area contributed by atoms with Gasteiger partial charge in [-0.05, 0) is 36.8 Å². The number of carbonyl (C=O) groups is 1. The highest BCUT2D eigenvalue weighted by Crippen LogP contribution is 2.44. The number of benzene rings is 1. The Kier molecular flexibility index (Phi) is 4.39. The summed E-state index contributed by atoms with van der Waals surface area (Å²) in [6.45, 7) is 2.65. The number of morpholine rings is 1. The van der Waals surface area contributed by atoms with Gasteiger partial charge in [0, 0.05) is 30.9 Å². The van der Waals surface area contributed by atoms with Crippen molar-refractivity contribution < 1.29 is 9.53 Å². The van der Waals surface area contributed by atoms with Crippen LogP contribution in [0.3, 0.4) is 0 Å². The van der Waals surface area contributed by atoms with Gasteiger partial charge in [0.1, 0.15) is 11.6 Å². The molecule has 2 aromatic rings. The molecular formula is C21H24N4O3. The summed E-state index contributed by atoms with van der Waals surface area (Å²) in [6, 6.07) is 9.87. The number of aromatic amines is 1. The van der Waals surface area contributed by atoms with Crippen LogP contribution in [0.2, 0.25) is 0 Å². The van der Waals surface area contributed by atoms with Gasteiger partial charge < -0.3 is 19.5 Å². The molecule has 28 heavy (non-hydrogen) atoms. The van der Waals surface area contributed by atoms with E-state index < -0.39 is 0 Å². The van der Waals surface area contributed by atoms with Gasteiger partial charge in [-0.3, -0.25) is 9.59 Å². The number of anilines is 2. The lowest BCUT2D eigenvalue weighted by molar-refractivity contribution is -0.118. The first kappa shape index (κ1) is 17.4. The maximum Gasteiger partial charge on any atom is 0.252 e. The van der Waals surface area contributed by atoms with E-state index in [4.69, 9.17) is 4.74 Å². The molecule has 146 valence electrons. The third-order valence-electron chi connectivity index (χ3n) is 5.88. The van der Waals surface area contributed by atoms with Crippen LogP contribution in [-0.2, 0) is 22.4 Å². The number of nitrogens with zero attached hydrogens (tertiary/aromatic N) is 3. The van der Waals surface area contributed by atoms with Crippen molar-refractivity contribution in [2.75, 3.05) is 36.1 Å². The standard InChI is InChI=1S/C21H24N4O3/c26-20-13-19(24-7-9-28-10-8-24)22-18(23-20)12-21(27)25-16-4-2-1-3-15(16)11-17(25)14-5-6-14/h1-4,13-14,17H,5-12H2,(H,22,23,26). The molecule has 2 fully saturated rings. The van der Waals surface area contributed by atoms with Gasteiger partial charge in [-0.1, -0.05) is 18.2 Å². The summed E-state index contributed by atoms with van der Waals surface area (Å²) in [5.41, 5.74) is 2.02. The lowest BCUT2D eigenvalue weighted by atomic mass is 10.1. The maximum absolute atomic E-state index is 13.2. The Labute approximate surface area is 163 Å². The van der Waals surface area contributed by atoms with Gasteiger partial charge in [-0.25, -0.2) is 4.98 Å². The fourth-order valence-electron chi connectivity index (χ4n) is 4.35. The average molecular weight is 380 g/mol. The van der Waals surface area contributed by atoms with E-state index in [0.717, 1.165) is 12.1 Å². The lowest BCUT2D eigenvalue weighted by Crippen LogP contribution is -2.41. The van der Waals surface area contributed by atoms with E-state index in [1.54, 1.807) is 0 Å². The zero-order valence-electron chi connectivity index (χ0n) is 15.8. The largest absolute Gasteiger partial charge is 0.378 e. The maximum atomic E-state index is 13.2. The third-order valence-corrected chi connectivity index (χ3v) is 5.88. The number of rotatable bonds is 4. The number of amides is 1. The van der Waals surface area contributed by atoms with Crippen molar-refractivity contribution in [1.29, 1.82) is 0 Å². The molecule has 2 aliphatic heterocycles. The van der Waals surface area contributed by atoms with Crippen LogP contribution < -0.4 is 15.4 Å². The van der Waals surface area contributed by atoms with Gasteiger partial charge >= 0.3 is 0 Å². The Balaban J connectivity index is 1.40. The molecule has 0 spiro atoms. The van der Waals surface area contributed by atoms with Crippen LogP contribution >= 0.6 is 0 Å². The number of fused-ring (bicyclic) bond motifs is 1. The second kappa shape index (κ2) is 7.05. The topological polar surface area (TPSA) is 78.5 Å². The van der Waals surface area contributed by atoms with Gasteiger partial charge in [0.25, 0.3) is 5.56 Å². The van der Waals surface area contributed by atoms with E-state index in [2.05, 4.69) is 16.0 Å². The molecular weight excluding hydrogens is 356 g/mol. The third kappa shape index (κ3) is 3.30. The van der Waals surface area contributed by atoms with E-state index in [0.29, 0.717) is 43.9 Å². The molecule has 1 amide bonds. The molecule has 1 aliphatic carbocycles. The average Bonchev–Trinajstić information content (AvgIpc) is 3.48. The molecule has 3 heterocycles. The number of hydrogen-bond acceptors (Lipinski definition) is 5. The summed E-state index contributed by atoms with van der Waals surface area (Å²) in [5, 5.41) is 0. The quantitative estimate of drug-likeness (QED) is 0.870. The van der Waals surface area contributed by atoms with Crippen LogP contribution in [0.25, 0.3) is 0 Å². The van der Waals surface area contributed by atoms with Gasteiger partial charge in [-0.15, -0.1) is 0 Å². The van der Waals surface area contributed by atoms with E-state index in [1.165, 1.54) is 24.5 Å². The number of ether oxygens (including phenoxy) is 1. The summed E-state index contributed by atoms with van der Waals surface area (Å²) < 4.78 is 5.37. The van der Waals surface area contributed by atoms with Crippen molar-refractivity contribution in [3.8, 4) is 0 Å². The normalized spacial score (nSPS) is 21.6. The molecule has 7 nitrogen and oxygen atoms in total. The molecule has 0 bridgehead atoms. The molecule has 1 saturated heterocycles. The molecule has 1 N–H and O–H groups in total. The van der Waals surface area contributed by atoms with E-state index in [1.807, 2.05) is 28.0 Å². The lowest BCUT2D eigenvalue weighted by Gasteiger charge is -2.28. The van der Waals surface area contributed by atoms with E-state index >= 15 is 0 Å². The van der Waals surface area contributed by atoms with Gasteiger partial charge in [-0.2, -0.15) is 0 Å². The molecule has 1 aromatic carbocycles. The van der Waals surface area contributed by atoms with Crippen molar-refractivity contribution in [3.63, 3.8) is 0 Å². The van der Waals surface area contributed by atoms with E-state index in [9.17, 15) is 9.59 Å². The van der Waals surface area contributed by atoms with Crippen molar-refractivity contribution in [1.82, 2.24) is 9.97 Å². The van der Waals surface area contributed by atoms with Crippen LogP contribution in [0, 0.1) is 5.92 Å². The Hall–Kier alpha value is -2.67. The summed E-state index contributed by atoms with van der Waals surface area (Å²) in [5.74, 6) is 1.64. The molecule has 1 saturated carbocycles. The van der Waals surface area contributed by atoms with E-state index in [-0.39, 0.29) is 23.9 Å². The number of H-pyrrole nitrogens is 1. The Morgan fingerprint density at radius 1 is 1.21 bits per heavy atom. The first-order valence-corrected chi connectivity index (χ1v) is 10.0. The molecule has 1 atom stereocenters. The van der Waals surface area contributed by atoms with Crippen molar-refractivity contribution >= 4 is 17.4 Å². The highest BCUT2D eigenvalue weighted by atomic mass is 16.5. The van der Waals surface area contributed by atoms with Crippen molar-refractivity contribution in [2.45, 2.75) is 31.7 Å². The monoisotopic (exact) mass is 380 g/mol. The Morgan fingerprint density at radius 3 is 2.79 bits per heavy atom. The highest BCUT2D eigenvalue weighted by molar-refractivity contribution is 5.97. The molecule has 3 aliphatic rings. The number of nitrogens with one attached hydrogen (secondary N) is 1. The summed E-state index contributed by atoms with van der Waals surface area (Å²) in [4.78, 5) is 36.7. The minimum atomic E-state index is -0.222. The molecule has 5 rings (SSSR count). The minimum absolute atomic E-state index is 0.00382. The zero-order valence-corrected chi connectivity index (χ0v) is 15.8. The van der Waals surface area contributed by atoms with Crippen LogP contribution in [0.1, 0.15) is 24.2 Å². The molecule has 1 unspecified atom stereocenters. The SMILES string of the molecule is O=C(Cc1nc(N2CCOCC2)cc(=O)[nH]1)N1c2ccccc2CC1C1CC1. The zero-order chi connectivity index (χ0) is 19.1. The predicted molar refractivity (Wildman–Crippen MR) is 106 cm³/mol. The van der Waals surface area contributed by atoms with Crippen LogP contribution in [0.4, 0.5) is 11.5 Å². The first-order chi connectivity index (χ1) is 13.7. The van der Waals surface area contributed by atoms with Gasteiger partial charge in [0.2, 0.25) is 5.91 Å². The second-order valence-electron chi connectivity index (χ2n) is 7.83. The smallest absolute Gasteiger partial charge is 0.252 e. The number of carbonyl (C=O) groups excluding carboxylic acids is 1. The summed E-state index contributed by atoms with van der Waals surface area (Å²) >= 11 is 0. The van der Waals surface area contributed by atoms with Gasteiger partial charge in [0.05, 0.1) is 19.6 Å². The predicted octanol–water partition coefficient (Wildman–Crippen LogP) is 1.52. The Morgan fingerprint density at radius 2 is 2.00 bits per heavy atom. The van der Waals surface area contributed by atoms with Crippen LogP contribution in [0.15, 0.2) is 35.1 Å².